The lowest BCUT2D eigenvalue weighted by atomic mass is 10.1. The summed E-state index contributed by atoms with van der Waals surface area (Å²) in [7, 11) is 3.47. The second kappa shape index (κ2) is 12.2. The van der Waals surface area contributed by atoms with E-state index in [2.05, 4.69) is 16.0 Å². The Morgan fingerprint density at radius 2 is 1.50 bits per heavy atom. The molecule has 34 heavy (non-hydrogen) atoms. The summed E-state index contributed by atoms with van der Waals surface area (Å²) in [6.45, 7) is 0.501. The van der Waals surface area contributed by atoms with Gasteiger partial charge in [0.05, 0.1) is 6.54 Å². The summed E-state index contributed by atoms with van der Waals surface area (Å²) in [5, 5.41) is 8.82. The number of rotatable bonds is 10. The Morgan fingerprint density at radius 3 is 2.26 bits per heavy atom. The zero-order valence-electron chi connectivity index (χ0n) is 19.5. The molecule has 176 valence electrons. The highest BCUT2D eigenvalue weighted by Gasteiger charge is 2.09. The molecule has 0 unspecified atom stereocenters. The minimum atomic E-state index is -0.208. The first-order chi connectivity index (χ1) is 16.4. The van der Waals surface area contributed by atoms with Crippen molar-refractivity contribution in [1.29, 1.82) is 0 Å². The average Bonchev–Trinajstić information content (AvgIpc) is 2.85. The molecule has 0 radical (unpaired) electrons. The summed E-state index contributed by atoms with van der Waals surface area (Å²) >= 11 is 0. The normalized spacial score (nSPS) is 10.3. The van der Waals surface area contributed by atoms with Crippen LogP contribution in [0.3, 0.4) is 0 Å². The van der Waals surface area contributed by atoms with Gasteiger partial charge >= 0.3 is 0 Å². The molecule has 0 heterocycles. The topological polar surface area (TPSA) is 90.5 Å². The van der Waals surface area contributed by atoms with Crippen LogP contribution in [-0.2, 0) is 22.6 Å². The zero-order chi connectivity index (χ0) is 24.3. The Bertz CT molecular complexity index is 1130. The van der Waals surface area contributed by atoms with Gasteiger partial charge in [0.25, 0.3) is 5.91 Å². The number of benzene rings is 3. The number of carbonyl (C=O) groups excluding carboxylic acids is 3. The third-order valence-electron chi connectivity index (χ3n) is 5.21. The van der Waals surface area contributed by atoms with Crippen molar-refractivity contribution in [3.8, 4) is 0 Å². The molecule has 0 aliphatic carbocycles. The fourth-order valence-corrected chi connectivity index (χ4v) is 3.32. The van der Waals surface area contributed by atoms with Crippen molar-refractivity contribution < 1.29 is 14.4 Å². The molecule has 0 aromatic heterocycles. The molecule has 3 aromatic carbocycles. The fraction of sp³-hybridized carbons (Fsp3) is 0.222. The molecule has 7 nitrogen and oxygen atoms in total. The molecule has 7 heteroatoms. The maximum absolute atomic E-state index is 12.5. The molecule has 3 N–H and O–H groups in total. The van der Waals surface area contributed by atoms with E-state index in [0.717, 1.165) is 11.1 Å². The Kier molecular flexibility index (Phi) is 8.80. The van der Waals surface area contributed by atoms with Crippen LogP contribution in [-0.4, -0.2) is 43.3 Å². The summed E-state index contributed by atoms with van der Waals surface area (Å²) in [4.78, 5) is 38.2. The van der Waals surface area contributed by atoms with E-state index in [4.69, 9.17) is 0 Å². The van der Waals surface area contributed by atoms with Crippen LogP contribution in [0.5, 0.6) is 0 Å². The molecule has 3 rings (SSSR count). The van der Waals surface area contributed by atoms with Crippen molar-refractivity contribution in [2.24, 2.45) is 0 Å². The van der Waals surface area contributed by atoms with Crippen LogP contribution in [0.25, 0.3) is 0 Å². The summed E-state index contributed by atoms with van der Waals surface area (Å²) in [6.07, 6.45) is 1.03. The van der Waals surface area contributed by atoms with Crippen molar-refractivity contribution in [3.05, 3.63) is 95.6 Å². The number of amides is 3. The standard InChI is InChI=1S/C27H30N4O3/c1-31(2)26(33)15-14-20-10-6-13-24(16-20)30-25(32)19-28-23-12-7-11-22(17-23)27(34)29-18-21-8-4-3-5-9-21/h3-13,16-17,28H,14-15,18-19H2,1-2H3,(H,29,34)(H,30,32). The lowest BCUT2D eigenvalue weighted by molar-refractivity contribution is -0.128. The van der Waals surface area contributed by atoms with Gasteiger partial charge in [-0.1, -0.05) is 48.5 Å². The number of carbonyl (C=O) groups is 3. The molecule has 3 amide bonds. The van der Waals surface area contributed by atoms with E-state index in [-0.39, 0.29) is 24.3 Å². The van der Waals surface area contributed by atoms with Gasteiger partial charge in [-0.3, -0.25) is 14.4 Å². The summed E-state index contributed by atoms with van der Waals surface area (Å²) in [6, 6.07) is 24.2. The minimum Gasteiger partial charge on any atom is -0.376 e. The van der Waals surface area contributed by atoms with Crippen molar-refractivity contribution >= 4 is 29.1 Å². The molecule has 0 spiro atoms. The molecule has 0 saturated heterocycles. The Hall–Kier alpha value is -4.13. The Balaban J connectivity index is 1.49. The van der Waals surface area contributed by atoms with E-state index in [9.17, 15) is 14.4 Å². The second-order valence-electron chi connectivity index (χ2n) is 8.14. The summed E-state index contributed by atoms with van der Waals surface area (Å²) in [5.74, 6) is -0.323. The van der Waals surface area contributed by atoms with E-state index in [1.165, 1.54) is 0 Å². The summed E-state index contributed by atoms with van der Waals surface area (Å²) < 4.78 is 0. The fourth-order valence-electron chi connectivity index (χ4n) is 3.32. The number of nitrogens with zero attached hydrogens (tertiary/aromatic N) is 1. The molecule has 0 aliphatic rings. The van der Waals surface area contributed by atoms with Gasteiger partial charge in [0.2, 0.25) is 11.8 Å². The van der Waals surface area contributed by atoms with Gasteiger partial charge in [0, 0.05) is 44.0 Å². The quantitative estimate of drug-likeness (QED) is 0.432. The number of hydrogen-bond acceptors (Lipinski definition) is 4. The predicted molar refractivity (Wildman–Crippen MR) is 135 cm³/mol. The van der Waals surface area contributed by atoms with Gasteiger partial charge in [-0.15, -0.1) is 0 Å². The Morgan fingerprint density at radius 1 is 0.794 bits per heavy atom. The van der Waals surface area contributed by atoms with Crippen molar-refractivity contribution in [1.82, 2.24) is 10.2 Å². The molecular weight excluding hydrogens is 428 g/mol. The maximum atomic E-state index is 12.5. The van der Waals surface area contributed by atoms with Gasteiger partial charge in [0.1, 0.15) is 0 Å². The monoisotopic (exact) mass is 458 g/mol. The SMILES string of the molecule is CN(C)C(=O)CCc1cccc(NC(=O)CNc2cccc(C(=O)NCc3ccccc3)c2)c1. The van der Waals surface area contributed by atoms with Crippen LogP contribution in [0.15, 0.2) is 78.9 Å². The van der Waals surface area contributed by atoms with Gasteiger partial charge in [0.15, 0.2) is 0 Å². The number of hydrogen-bond donors (Lipinski definition) is 3. The molecule has 0 fully saturated rings. The number of aryl methyl sites for hydroxylation is 1. The van der Waals surface area contributed by atoms with Crippen molar-refractivity contribution in [3.63, 3.8) is 0 Å². The van der Waals surface area contributed by atoms with E-state index in [1.807, 2.05) is 60.7 Å². The maximum Gasteiger partial charge on any atom is 0.251 e. The minimum absolute atomic E-state index is 0.0540. The molecular formula is C27H30N4O3. The predicted octanol–water partition coefficient (Wildman–Crippen LogP) is 3.69. The largest absolute Gasteiger partial charge is 0.376 e. The number of anilines is 2. The number of nitrogens with one attached hydrogen (secondary N) is 3. The first-order valence-electron chi connectivity index (χ1n) is 11.2. The summed E-state index contributed by atoms with van der Waals surface area (Å²) in [5.41, 5.74) is 3.88. The van der Waals surface area contributed by atoms with Crippen LogP contribution in [0.2, 0.25) is 0 Å². The second-order valence-corrected chi connectivity index (χ2v) is 8.14. The first-order valence-corrected chi connectivity index (χ1v) is 11.2. The lowest BCUT2D eigenvalue weighted by Gasteiger charge is -2.12. The van der Waals surface area contributed by atoms with Crippen LogP contribution in [0, 0.1) is 0 Å². The van der Waals surface area contributed by atoms with Crippen LogP contribution in [0.4, 0.5) is 11.4 Å². The van der Waals surface area contributed by atoms with Crippen LogP contribution >= 0.6 is 0 Å². The van der Waals surface area contributed by atoms with Crippen LogP contribution < -0.4 is 16.0 Å². The van der Waals surface area contributed by atoms with E-state index >= 15 is 0 Å². The lowest BCUT2D eigenvalue weighted by Crippen LogP contribution is -2.24. The first kappa shape index (κ1) is 24.5. The van der Waals surface area contributed by atoms with E-state index in [1.54, 1.807) is 37.2 Å². The zero-order valence-corrected chi connectivity index (χ0v) is 19.5. The van der Waals surface area contributed by atoms with Gasteiger partial charge in [-0.2, -0.15) is 0 Å². The van der Waals surface area contributed by atoms with Gasteiger partial charge in [-0.25, -0.2) is 0 Å². The highest BCUT2D eigenvalue weighted by Crippen LogP contribution is 2.14. The highest BCUT2D eigenvalue weighted by molar-refractivity contribution is 5.96. The van der Waals surface area contributed by atoms with E-state index < -0.39 is 0 Å². The Labute approximate surface area is 200 Å². The average molecular weight is 459 g/mol. The van der Waals surface area contributed by atoms with E-state index in [0.29, 0.717) is 36.3 Å². The highest BCUT2D eigenvalue weighted by atomic mass is 16.2. The van der Waals surface area contributed by atoms with Gasteiger partial charge in [-0.05, 0) is 47.9 Å². The molecule has 0 aliphatic heterocycles. The smallest absolute Gasteiger partial charge is 0.251 e. The van der Waals surface area contributed by atoms with Crippen molar-refractivity contribution in [2.45, 2.75) is 19.4 Å². The molecule has 0 saturated carbocycles. The van der Waals surface area contributed by atoms with Gasteiger partial charge < -0.3 is 20.9 Å². The third kappa shape index (κ3) is 7.78. The van der Waals surface area contributed by atoms with Crippen molar-refractivity contribution in [2.75, 3.05) is 31.3 Å². The molecule has 3 aromatic rings. The molecule has 0 bridgehead atoms. The molecule has 0 atom stereocenters. The van der Waals surface area contributed by atoms with Crippen LogP contribution in [0.1, 0.15) is 27.9 Å². The third-order valence-corrected chi connectivity index (χ3v) is 5.21.